The second-order valence-electron chi connectivity index (χ2n) is 14.8. The average molecular weight is 431 g/mol. The van der Waals surface area contributed by atoms with Gasteiger partial charge in [-0.15, -0.1) is 0 Å². The Morgan fingerprint density at radius 2 is 1.26 bits per heavy atom. The van der Waals surface area contributed by atoms with E-state index in [2.05, 4.69) is 55.4 Å². The van der Waals surface area contributed by atoms with Crippen molar-refractivity contribution in [2.45, 2.75) is 125 Å². The molecule has 0 spiro atoms. The molecule has 0 aliphatic heterocycles. The molecule has 178 valence electrons. The number of hydrogen-bond acceptors (Lipinski definition) is 2. The van der Waals surface area contributed by atoms with Gasteiger partial charge in [0.1, 0.15) is 5.60 Å². The summed E-state index contributed by atoms with van der Waals surface area (Å²) in [7, 11) is 0. The second-order valence-corrected chi connectivity index (χ2v) is 14.8. The molecule has 5 aliphatic rings. The molecule has 1 atom stereocenters. The highest BCUT2D eigenvalue weighted by atomic mass is 16.6. The van der Waals surface area contributed by atoms with Gasteiger partial charge >= 0.3 is 5.97 Å². The summed E-state index contributed by atoms with van der Waals surface area (Å²) in [6, 6.07) is 0. The Balaban J connectivity index is 1.69. The Bertz CT molecular complexity index is 642. The molecule has 0 amide bonds. The first-order valence-corrected chi connectivity index (χ1v) is 13.5. The molecule has 0 aromatic heterocycles. The summed E-state index contributed by atoms with van der Waals surface area (Å²) < 4.78 is 7.09. The van der Waals surface area contributed by atoms with Crippen molar-refractivity contribution in [3.05, 3.63) is 0 Å². The molecular formula is C29H50O2. The summed E-state index contributed by atoms with van der Waals surface area (Å²) in [6.45, 7) is 18.1. The number of esters is 1. The Morgan fingerprint density at radius 1 is 0.774 bits per heavy atom. The predicted octanol–water partition coefficient (Wildman–Crippen LogP) is 8.04. The average Bonchev–Trinajstić information content (AvgIpc) is 2.62. The van der Waals surface area contributed by atoms with Crippen molar-refractivity contribution in [1.82, 2.24) is 0 Å². The topological polar surface area (TPSA) is 26.3 Å². The van der Waals surface area contributed by atoms with Gasteiger partial charge in [0.25, 0.3) is 0 Å². The van der Waals surface area contributed by atoms with Gasteiger partial charge in [-0.25, -0.2) is 0 Å². The fraction of sp³-hybridized carbons (Fsp3) is 0.966. The van der Waals surface area contributed by atoms with Gasteiger partial charge < -0.3 is 4.74 Å². The van der Waals surface area contributed by atoms with Gasteiger partial charge in [-0.1, -0.05) is 61.3 Å². The lowest BCUT2D eigenvalue weighted by Crippen LogP contribution is -2.65. The fourth-order valence-corrected chi connectivity index (χ4v) is 8.53. The number of hydrogen-bond donors (Lipinski definition) is 0. The molecule has 5 rings (SSSR count). The van der Waals surface area contributed by atoms with Gasteiger partial charge in [-0.2, -0.15) is 0 Å². The Hall–Kier alpha value is -0.530. The van der Waals surface area contributed by atoms with Crippen LogP contribution in [0.15, 0.2) is 0 Å². The predicted molar refractivity (Wildman–Crippen MR) is 129 cm³/mol. The maximum absolute atomic E-state index is 14.3. The minimum absolute atomic E-state index is 0.0958. The molecule has 0 N–H and O–H groups in total. The Morgan fingerprint density at radius 3 is 1.68 bits per heavy atom. The molecule has 5 fully saturated rings. The summed E-state index contributed by atoms with van der Waals surface area (Å²) in [5.74, 6) is 4.57. The van der Waals surface area contributed by atoms with Crippen molar-refractivity contribution in [1.29, 1.82) is 0 Å². The van der Waals surface area contributed by atoms with E-state index in [0.717, 1.165) is 24.2 Å². The molecule has 0 radical (unpaired) electrons. The molecule has 0 saturated heterocycles. The zero-order chi connectivity index (χ0) is 22.8. The standard InChI is InChI=1S/C29H50O2/c1-19-9-11-22(12-10-19)29(23-14-20-13-21(16-23)17-24(29)15-20)31-25(30)28(8,27(5,6)7)18-26(2,3)4/h19-24H,9-18H2,1-8H3/t19?,20?,21?,22?,23?,24?,28-,29?/m0/s1. The molecule has 31 heavy (non-hydrogen) atoms. The molecule has 2 nitrogen and oxygen atoms in total. The van der Waals surface area contributed by atoms with Crippen LogP contribution in [0.4, 0.5) is 0 Å². The quantitative estimate of drug-likeness (QED) is 0.422. The van der Waals surface area contributed by atoms with Crippen LogP contribution in [0.5, 0.6) is 0 Å². The molecule has 0 aromatic rings. The minimum atomic E-state index is -0.463. The van der Waals surface area contributed by atoms with Crippen LogP contribution < -0.4 is 0 Å². The van der Waals surface area contributed by atoms with Gasteiger partial charge in [-0.3, -0.25) is 4.79 Å². The zero-order valence-electron chi connectivity index (χ0n) is 21.9. The molecular weight excluding hydrogens is 380 g/mol. The SMILES string of the molecule is CC1CCC(C2(OC(=O)[C@](C)(CC(C)(C)C)C(C)(C)C)C3CC4CC(C3)CC2C4)CC1. The van der Waals surface area contributed by atoms with E-state index in [1.165, 1.54) is 57.8 Å². The van der Waals surface area contributed by atoms with Crippen LogP contribution in [0.2, 0.25) is 0 Å². The summed E-state index contributed by atoms with van der Waals surface area (Å²) in [4.78, 5) is 14.3. The molecule has 5 saturated carbocycles. The van der Waals surface area contributed by atoms with Crippen LogP contribution in [-0.2, 0) is 9.53 Å². The molecule has 5 aliphatic carbocycles. The first-order valence-electron chi connectivity index (χ1n) is 13.5. The van der Waals surface area contributed by atoms with Gasteiger partial charge in [0.2, 0.25) is 0 Å². The first-order chi connectivity index (χ1) is 14.2. The van der Waals surface area contributed by atoms with E-state index in [-0.39, 0.29) is 22.4 Å². The third-order valence-electron chi connectivity index (χ3n) is 10.3. The molecule has 4 bridgehead atoms. The van der Waals surface area contributed by atoms with Gasteiger partial charge in [0.05, 0.1) is 5.41 Å². The van der Waals surface area contributed by atoms with Crippen LogP contribution >= 0.6 is 0 Å². The van der Waals surface area contributed by atoms with E-state index in [9.17, 15) is 4.79 Å². The van der Waals surface area contributed by atoms with E-state index in [1.807, 2.05) is 0 Å². The summed E-state index contributed by atoms with van der Waals surface area (Å²) in [6.07, 6.45) is 12.8. The van der Waals surface area contributed by atoms with Crippen LogP contribution in [-0.4, -0.2) is 11.6 Å². The Labute approximate surface area is 192 Å². The van der Waals surface area contributed by atoms with Gasteiger partial charge in [0, 0.05) is 0 Å². The van der Waals surface area contributed by atoms with Gasteiger partial charge in [0.15, 0.2) is 0 Å². The van der Waals surface area contributed by atoms with Crippen molar-refractivity contribution in [2.75, 3.05) is 0 Å². The lowest BCUT2D eigenvalue weighted by molar-refractivity contribution is -0.244. The first kappa shape index (κ1) is 23.6. The maximum Gasteiger partial charge on any atom is 0.312 e. The summed E-state index contributed by atoms with van der Waals surface area (Å²) in [5.41, 5.74) is -0.659. The van der Waals surface area contributed by atoms with Crippen LogP contribution in [0.25, 0.3) is 0 Å². The number of ether oxygens (including phenoxy) is 1. The van der Waals surface area contributed by atoms with Crippen LogP contribution in [0.1, 0.15) is 120 Å². The van der Waals surface area contributed by atoms with Crippen molar-refractivity contribution in [3.63, 3.8) is 0 Å². The minimum Gasteiger partial charge on any atom is -0.458 e. The number of carbonyl (C=O) groups is 1. The highest BCUT2D eigenvalue weighted by Gasteiger charge is 2.64. The highest BCUT2D eigenvalue weighted by Crippen LogP contribution is 2.64. The zero-order valence-corrected chi connectivity index (χ0v) is 21.9. The third-order valence-corrected chi connectivity index (χ3v) is 10.3. The van der Waals surface area contributed by atoms with Crippen LogP contribution in [0.3, 0.4) is 0 Å². The summed E-state index contributed by atoms with van der Waals surface area (Å²) >= 11 is 0. The third kappa shape index (κ3) is 4.12. The van der Waals surface area contributed by atoms with E-state index in [4.69, 9.17) is 4.74 Å². The molecule has 0 heterocycles. The second kappa shape index (κ2) is 7.76. The lowest BCUT2D eigenvalue weighted by Gasteiger charge is -2.64. The fourth-order valence-electron chi connectivity index (χ4n) is 8.53. The van der Waals surface area contributed by atoms with Crippen LogP contribution in [0, 0.1) is 51.8 Å². The molecule has 0 aromatic carbocycles. The van der Waals surface area contributed by atoms with Crippen molar-refractivity contribution in [2.24, 2.45) is 51.8 Å². The lowest BCUT2D eigenvalue weighted by atomic mass is 9.46. The Kier molecular flexibility index (Phi) is 5.92. The smallest absolute Gasteiger partial charge is 0.312 e. The van der Waals surface area contributed by atoms with Gasteiger partial charge in [-0.05, 0) is 105 Å². The number of rotatable bonds is 4. The monoisotopic (exact) mass is 430 g/mol. The van der Waals surface area contributed by atoms with Crippen molar-refractivity contribution >= 4 is 5.97 Å². The maximum atomic E-state index is 14.3. The van der Waals surface area contributed by atoms with E-state index >= 15 is 0 Å². The molecule has 0 unspecified atom stereocenters. The molecule has 2 heteroatoms. The van der Waals surface area contributed by atoms with E-state index in [1.54, 1.807) is 0 Å². The highest BCUT2D eigenvalue weighted by molar-refractivity contribution is 5.78. The number of carbonyl (C=O) groups excluding carboxylic acids is 1. The summed E-state index contributed by atoms with van der Waals surface area (Å²) in [5, 5.41) is 0. The van der Waals surface area contributed by atoms with E-state index < -0.39 is 5.41 Å². The largest absolute Gasteiger partial charge is 0.458 e. The normalized spacial score (nSPS) is 42.3. The van der Waals surface area contributed by atoms with E-state index in [0.29, 0.717) is 17.8 Å². The van der Waals surface area contributed by atoms with Crippen molar-refractivity contribution < 1.29 is 9.53 Å². The van der Waals surface area contributed by atoms with Crippen molar-refractivity contribution in [3.8, 4) is 0 Å².